The van der Waals surface area contributed by atoms with Gasteiger partial charge in [-0.05, 0) is 30.2 Å². The fourth-order valence-electron chi connectivity index (χ4n) is 4.11. The number of carbonyl (C=O) groups is 1. The lowest BCUT2D eigenvalue weighted by atomic mass is 9.89. The average molecular weight is 282 g/mol. The fraction of sp³-hybridized carbons (Fsp3) is 0.412. The molecule has 0 amide bonds. The van der Waals surface area contributed by atoms with Gasteiger partial charge in [-0.25, -0.2) is 0 Å². The molecule has 3 unspecified atom stereocenters. The number of pyridine rings is 1. The van der Waals surface area contributed by atoms with Gasteiger partial charge >= 0.3 is 5.97 Å². The molecule has 1 N–H and O–H groups in total. The third kappa shape index (κ3) is 2.02. The summed E-state index contributed by atoms with van der Waals surface area (Å²) in [5, 5.41) is 11.7. The van der Waals surface area contributed by atoms with Crippen molar-refractivity contribution in [1.82, 2.24) is 9.88 Å². The van der Waals surface area contributed by atoms with Gasteiger partial charge in [-0.3, -0.25) is 14.7 Å². The van der Waals surface area contributed by atoms with Gasteiger partial charge in [0, 0.05) is 36.4 Å². The highest BCUT2D eigenvalue weighted by atomic mass is 16.4. The van der Waals surface area contributed by atoms with Crippen molar-refractivity contribution < 1.29 is 9.90 Å². The van der Waals surface area contributed by atoms with Gasteiger partial charge in [-0.1, -0.05) is 24.3 Å². The molecule has 2 aliphatic heterocycles. The molecule has 2 aromatic rings. The van der Waals surface area contributed by atoms with E-state index in [9.17, 15) is 9.90 Å². The lowest BCUT2D eigenvalue weighted by Crippen LogP contribution is -2.32. The first-order chi connectivity index (χ1) is 10.2. The molecule has 2 bridgehead atoms. The van der Waals surface area contributed by atoms with E-state index < -0.39 is 5.97 Å². The number of fused-ring (bicyclic) bond motifs is 3. The number of hydrogen-bond acceptors (Lipinski definition) is 3. The van der Waals surface area contributed by atoms with Crippen molar-refractivity contribution in [3.8, 4) is 0 Å². The van der Waals surface area contributed by atoms with Gasteiger partial charge in [-0.2, -0.15) is 0 Å². The molecule has 4 nitrogen and oxygen atoms in total. The molecule has 4 heteroatoms. The summed E-state index contributed by atoms with van der Waals surface area (Å²) in [6, 6.07) is 8.89. The number of benzene rings is 1. The van der Waals surface area contributed by atoms with E-state index >= 15 is 0 Å². The molecular weight excluding hydrogens is 264 g/mol. The number of rotatable bonds is 3. The topological polar surface area (TPSA) is 53.4 Å². The van der Waals surface area contributed by atoms with Crippen LogP contribution in [-0.4, -0.2) is 33.0 Å². The second-order valence-electron chi connectivity index (χ2n) is 6.17. The Kier molecular flexibility index (Phi) is 2.93. The quantitative estimate of drug-likeness (QED) is 0.940. The molecule has 0 saturated carbocycles. The van der Waals surface area contributed by atoms with Crippen LogP contribution in [0.4, 0.5) is 0 Å². The molecule has 2 fully saturated rings. The molecular formula is C17H18N2O2. The van der Waals surface area contributed by atoms with E-state index in [1.165, 1.54) is 10.9 Å². The minimum atomic E-state index is -0.636. The first-order valence-electron chi connectivity index (χ1n) is 7.54. The predicted octanol–water partition coefficient (Wildman–Crippen LogP) is 2.67. The third-order valence-electron chi connectivity index (χ3n) is 5.10. The van der Waals surface area contributed by atoms with Crippen LogP contribution in [-0.2, 0) is 11.3 Å². The second-order valence-corrected chi connectivity index (χ2v) is 6.17. The molecule has 2 saturated heterocycles. The van der Waals surface area contributed by atoms with Gasteiger partial charge in [0.2, 0.25) is 0 Å². The summed E-state index contributed by atoms with van der Waals surface area (Å²) in [4.78, 5) is 18.1. The molecule has 0 aliphatic carbocycles. The lowest BCUT2D eigenvalue weighted by Gasteiger charge is -2.23. The summed E-state index contributed by atoms with van der Waals surface area (Å²) in [5.41, 5.74) is 1.20. The Labute approximate surface area is 123 Å². The Hall–Kier alpha value is -1.94. The molecule has 21 heavy (non-hydrogen) atoms. The van der Waals surface area contributed by atoms with Crippen LogP contribution < -0.4 is 0 Å². The van der Waals surface area contributed by atoms with Crippen molar-refractivity contribution in [3.05, 3.63) is 42.2 Å². The van der Waals surface area contributed by atoms with E-state index in [2.05, 4.69) is 22.0 Å². The van der Waals surface area contributed by atoms with Crippen LogP contribution in [0.5, 0.6) is 0 Å². The van der Waals surface area contributed by atoms with E-state index in [0.717, 1.165) is 31.2 Å². The van der Waals surface area contributed by atoms with Crippen molar-refractivity contribution in [1.29, 1.82) is 0 Å². The van der Waals surface area contributed by atoms with Crippen LogP contribution in [0.3, 0.4) is 0 Å². The summed E-state index contributed by atoms with van der Waals surface area (Å²) >= 11 is 0. The van der Waals surface area contributed by atoms with E-state index in [4.69, 9.17) is 0 Å². The highest BCUT2D eigenvalue weighted by Gasteiger charge is 2.49. The minimum Gasteiger partial charge on any atom is -0.481 e. The average Bonchev–Trinajstić information content (AvgIpc) is 3.05. The fourth-order valence-corrected chi connectivity index (χ4v) is 4.11. The Bertz CT molecular complexity index is 695. The van der Waals surface area contributed by atoms with E-state index in [-0.39, 0.29) is 12.0 Å². The van der Waals surface area contributed by atoms with E-state index in [1.54, 1.807) is 0 Å². The number of aromatic nitrogens is 1. The third-order valence-corrected chi connectivity index (χ3v) is 5.10. The molecule has 1 aromatic heterocycles. The molecule has 2 aliphatic rings. The molecule has 1 aromatic carbocycles. The number of carboxylic acid groups (broad SMARTS) is 1. The van der Waals surface area contributed by atoms with Crippen LogP contribution in [0.25, 0.3) is 10.8 Å². The van der Waals surface area contributed by atoms with Crippen LogP contribution in [0.2, 0.25) is 0 Å². The monoisotopic (exact) mass is 282 g/mol. The van der Waals surface area contributed by atoms with Gasteiger partial charge in [0.25, 0.3) is 0 Å². The van der Waals surface area contributed by atoms with Crippen LogP contribution >= 0.6 is 0 Å². The Morgan fingerprint density at radius 3 is 2.95 bits per heavy atom. The zero-order valence-corrected chi connectivity index (χ0v) is 11.8. The summed E-state index contributed by atoms with van der Waals surface area (Å²) in [6.07, 6.45) is 6.76. The maximum absolute atomic E-state index is 11.4. The number of hydrogen-bond donors (Lipinski definition) is 1. The Morgan fingerprint density at radius 2 is 2.14 bits per heavy atom. The maximum Gasteiger partial charge on any atom is 0.308 e. The molecule has 108 valence electrons. The molecule has 3 atom stereocenters. The van der Waals surface area contributed by atoms with E-state index in [0.29, 0.717) is 6.04 Å². The zero-order valence-electron chi connectivity index (χ0n) is 11.8. The van der Waals surface area contributed by atoms with Gasteiger partial charge in [-0.15, -0.1) is 0 Å². The summed E-state index contributed by atoms with van der Waals surface area (Å²) < 4.78 is 0. The Balaban J connectivity index is 1.65. The molecule has 0 radical (unpaired) electrons. The number of carboxylic acids is 1. The molecule has 3 heterocycles. The first-order valence-corrected chi connectivity index (χ1v) is 7.54. The van der Waals surface area contributed by atoms with Crippen molar-refractivity contribution in [2.75, 3.05) is 0 Å². The van der Waals surface area contributed by atoms with Gasteiger partial charge < -0.3 is 5.11 Å². The van der Waals surface area contributed by atoms with Gasteiger partial charge in [0.15, 0.2) is 0 Å². The minimum absolute atomic E-state index is 0.188. The van der Waals surface area contributed by atoms with Gasteiger partial charge in [0.1, 0.15) is 0 Å². The lowest BCUT2D eigenvalue weighted by molar-refractivity contribution is -0.142. The smallest absolute Gasteiger partial charge is 0.308 e. The zero-order chi connectivity index (χ0) is 14.4. The summed E-state index contributed by atoms with van der Waals surface area (Å²) in [6.45, 7) is 0.813. The van der Waals surface area contributed by atoms with Crippen LogP contribution in [0.1, 0.15) is 24.8 Å². The Morgan fingerprint density at radius 1 is 1.29 bits per heavy atom. The largest absolute Gasteiger partial charge is 0.481 e. The van der Waals surface area contributed by atoms with Crippen molar-refractivity contribution >= 4 is 16.7 Å². The second kappa shape index (κ2) is 4.81. The van der Waals surface area contributed by atoms with Crippen molar-refractivity contribution in [2.45, 2.75) is 37.9 Å². The number of nitrogens with zero attached hydrogens (tertiary/aromatic N) is 2. The highest BCUT2D eigenvalue weighted by molar-refractivity contribution is 5.84. The van der Waals surface area contributed by atoms with Crippen LogP contribution in [0.15, 0.2) is 36.7 Å². The number of aliphatic carboxylic acids is 1. The molecule has 4 rings (SSSR count). The SMILES string of the molecule is O=C(O)C1CC2CCC1N2Cc1cncc2ccccc12. The molecule has 0 spiro atoms. The highest BCUT2D eigenvalue weighted by Crippen LogP contribution is 2.42. The van der Waals surface area contributed by atoms with Gasteiger partial charge in [0.05, 0.1) is 5.92 Å². The normalized spacial score (nSPS) is 28.3. The summed E-state index contributed by atoms with van der Waals surface area (Å²) in [7, 11) is 0. The van der Waals surface area contributed by atoms with Crippen molar-refractivity contribution in [3.63, 3.8) is 0 Å². The van der Waals surface area contributed by atoms with Crippen LogP contribution in [0, 0.1) is 5.92 Å². The standard InChI is InChI=1S/C17H18N2O2/c20-17(21)15-7-13-5-6-16(15)19(13)10-12-9-18-8-11-3-1-2-4-14(11)12/h1-4,8-9,13,15-16H,5-7,10H2,(H,20,21). The van der Waals surface area contributed by atoms with Crippen molar-refractivity contribution in [2.24, 2.45) is 5.92 Å². The summed E-state index contributed by atoms with van der Waals surface area (Å²) in [5.74, 6) is -0.824. The van der Waals surface area contributed by atoms with E-state index in [1.807, 2.05) is 24.5 Å². The predicted molar refractivity (Wildman–Crippen MR) is 79.8 cm³/mol. The maximum atomic E-state index is 11.4. The first kappa shape index (κ1) is 12.8.